The fourth-order valence-corrected chi connectivity index (χ4v) is 2.60. The standard InChI is InChI=1S/C15H16N2O4/c1-20-8-10-4-2-3-5-12(10)17-13-6-7-21-9-11(13)14(16-17)15(18)19/h2-5H,6-9H2,1H3,(H,18,19). The third kappa shape index (κ3) is 2.43. The van der Waals surface area contributed by atoms with E-state index in [-0.39, 0.29) is 5.69 Å². The summed E-state index contributed by atoms with van der Waals surface area (Å²) >= 11 is 0. The molecule has 1 aliphatic heterocycles. The average Bonchev–Trinajstić information content (AvgIpc) is 2.88. The van der Waals surface area contributed by atoms with Crippen LogP contribution in [-0.4, -0.2) is 34.6 Å². The van der Waals surface area contributed by atoms with Gasteiger partial charge in [0.25, 0.3) is 0 Å². The zero-order valence-electron chi connectivity index (χ0n) is 11.7. The van der Waals surface area contributed by atoms with Crippen LogP contribution >= 0.6 is 0 Å². The van der Waals surface area contributed by atoms with Crippen molar-refractivity contribution in [2.75, 3.05) is 13.7 Å². The van der Waals surface area contributed by atoms with Crippen LogP contribution in [0.25, 0.3) is 5.69 Å². The second-order valence-electron chi connectivity index (χ2n) is 4.86. The molecule has 0 atom stereocenters. The van der Waals surface area contributed by atoms with Crippen LogP contribution in [0.3, 0.4) is 0 Å². The first kappa shape index (κ1) is 13.8. The number of aromatic carboxylic acids is 1. The number of carboxylic acid groups (broad SMARTS) is 1. The molecule has 6 nitrogen and oxygen atoms in total. The number of aromatic nitrogens is 2. The number of carboxylic acids is 1. The monoisotopic (exact) mass is 288 g/mol. The van der Waals surface area contributed by atoms with Crippen molar-refractivity contribution >= 4 is 5.97 Å². The fraction of sp³-hybridized carbons (Fsp3) is 0.333. The number of nitrogens with zero attached hydrogens (tertiary/aromatic N) is 2. The summed E-state index contributed by atoms with van der Waals surface area (Å²) < 4.78 is 12.3. The summed E-state index contributed by atoms with van der Waals surface area (Å²) in [6.45, 7) is 1.32. The molecule has 2 aromatic rings. The molecule has 0 radical (unpaired) electrons. The first-order chi connectivity index (χ1) is 10.2. The molecule has 0 aliphatic carbocycles. The number of ether oxygens (including phenoxy) is 2. The summed E-state index contributed by atoms with van der Waals surface area (Å²) in [6.07, 6.45) is 0.650. The van der Waals surface area contributed by atoms with Crippen molar-refractivity contribution in [2.45, 2.75) is 19.6 Å². The van der Waals surface area contributed by atoms with Crippen LogP contribution in [0.2, 0.25) is 0 Å². The van der Waals surface area contributed by atoms with Gasteiger partial charge in [0.2, 0.25) is 0 Å². The second-order valence-corrected chi connectivity index (χ2v) is 4.86. The van der Waals surface area contributed by atoms with Crippen LogP contribution < -0.4 is 0 Å². The highest BCUT2D eigenvalue weighted by atomic mass is 16.5. The number of rotatable bonds is 4. The predicted molar refractivity (Wildman–Crippen MR) is 74.6 cm³/mol. The average molecular weight is 288 g/mol. The van der Waals surface area contributed by atoms with Gasteiger partial charge in [-0.2, -0.15) is 5.10 Å². The summed E-state index contributed by atoms with van der Waals surface area (Å²) in [7, 11) is 1.63. The molecule has 0 amide bonds. The Hall–Kier alpha value is -2.18. The maximum Gasteiger partial charge on any atom is 0.356 e. The van der Waals surface area contributed by atoms with Crippen molar-refractivity contribution in [3.05, 3.63) is 46.8 Å². The van der Waals surface area contributed by atoms with E-state index in [1.807, 2.05) is 24.3 Å². The van der Waals surface area contributed by atoms with Crippen LogP contribution in [0.5, 0.6) is 0 Å². The normalized spacial score (nSPS) is 14.0. The van der Waals surface area contributed by atoms with Gasteiger partial charge in [-0.3, -0.25) is 0 Å². The minimum Gasteiger partial charge on any atom is -0.476 e. The Balaban J connectivity index is 2.17. The van der Waals surface area contributed by atoms with E-state index < -0.39 is 5.97 Å². The molecule has 0 saturated heterocycles. The van der Waals surface area contributed by atoms with Gasteiger partial charge in [-0.15, -0.1) is 0 Å². The predicted octanol–water partition coefficient (Wildman–Crippen LogP) is 1.79. The third-order valence-electron chi connectivity index (χ3n) is 3.54. The smallest absolute Gasteiger partial charge is 0.356 e. The van der Waals surface area contributed by atoms with E-state index in [0.717, 1.165) is 16.9 Å². The van der Waals surface area contributed by atoms with Gasteiger partial charge < -0.3 is 14.6 Å². The summed E-state index contributed by atoms with van der Waals surface area (Å²) in [5, 5.41) is 13.6. The molecule has 6 heteroatoms. The number of carbonyl (C=O) groups is 1. The van der Waals surface area contributed by atoms with E-state index in [2.05, 4.69) is 5.10 Å². The molecule has 21 heavy (non-hydrogen) atoms. The number of fused-ring (bicyclic) bond motifs is 1. The lowest BCUT2D eigenvalue weighted by molar-refractivity contribution is 0.0677. The molecule has 1 N–H and O–H groups in total. The highest BCUT2D eigenvalue weighted by Gasteiger charge is 2.26. The van der Waals surface area contributed by atoms with Crippen molar-refractivity contribution < 1.29 is 19.4 Å². The number of hydrogen-bond acceptors (Lipinski definition) is 4. The topological polar surface area (TPSA) is 73.6 Å². The van der Waals surface area contributed by atoms with Gasteiger partial charge in [0.1, 0.15) is 0 Å². The molecule has 2 heterocycles. The SMILES string of the molecule is COCc1ccccc1-n1nc(C(=O)O)c2c1CCOC2. The van der Waals surface area contributed by atoms with Gasteiger partial charge in [-0.05, 0) is 6.07 Å². The Morgan fingerprint density at radius 1 is 1.48 bits per heavy atom. The van der Waals surface area contributed by atoms with Crippen molar-refractivity contribution in [2.24, 2.45) is 0 Å². The van der Waals surface area contributed by atoms with Gasteiger partial charge >= 0.3 is 5.97 Å². The Labute approximate surface area is 121 Å². The molecule has 3 rings (SSSR count). The molecule has 110 valence electrons. The molecule has 1 aliphatic rings. The van der Waals surface area contributed by atoms with Crippen molar-refractivity contribution in [3.8, 4) is 5.69 Å². The Bertz CT molecular complexity index is 678. The summed E-state index contributed by atoms with van der Waals surface area (Å²) in [6, 6.07) is 7.70. The molecule has 0 saturated carbocycles. The van der Waals surface area contributed by atoms with Gasteiger partial charge in [0.05, 0.1) is 31.2 Å². The van der Waals surface area contributed by atoms with Crippen LogP contribution in [0, 0.1) is 0 Å². The van der Waals surface area contributed by atoms with E-state index in [1.165, 1.54) is 0 Å². The van der Waals surface area contributed by atoms with Gasteiger partial charge in [0.15, 0.2) is 5.69 Å². The van der Waals surface area contributed by atoms with Crippen LogP contribution in [0.4, 0.5) is 0 Å². The lowest BCUT2D eigenvalue weighted by Crippen LogP contribution is -2.14. The number of hydrogen-bond donors (Lipinski definition) is 1. The Kier molecular flexibility index (Phi) is 3.72. The van der Waals surface area contributed by atoms with Crippen molar-refractivity contribution in [1.29, 1.82) is 0 Å². The molecule has 1 aromatic heterocycles. The molecule has 1 aromatic carbocycles. The summed E-state index contributed by atoms with van der Waals surface area (Å²) in [4.78, 5) is 11.4. The number of benzene rings is 1. The molecular weight excluding hydrogens is 272 g/mol. The van der Waals surface area contributed by atoms with Crippen LogP contribution in [0.15, 0.2) is 24.3 Å². The number of para-hydroxylation sites is 1. The molecule has 0 spiro atoms. The van der Waals surface area contributed by atoms with Crippen molar-refractivity contribution in [3.63, 3.8) is 0 Å². The maximum atomic E-state index is 11.4. The highest BCUT2D eigenvalue weighted by molar-refractivity contribution is 5.87. The second kappa shape index (κ2) is 5.67. The van der Waals surface area contributed by atoms with Gasteiger partial charge in [0, 0.05) is 24.7 Å². The molecule has 0 unspecified atom stereocenters. The van der Waals surface area contributed by atoms with E-state index in [1.54, 1.807) is 11.8 Å². The quantitative estimate of drug-likeness (QED) is 0.928. The molecular formula is C15H16N2O4. The first-order valence-electron chi connectivity index (χ1n) is 6.71. The minimum absolute atomic E-state index is 0.0666. The fourth-order valence-electron chi connectivity index (χ4n) is 2.60. The van der Waals surface area contributed by atoms with E-state index in [0.29, 0.717) is 31.8 Å². The Morgan fingerprint density at radius 2 is 2.29 bits per heavy atom. The highest BCUT2D eigenvalue weighted by Crippen LogP contribution is 2.25. The van der Waals surface area contributed by atoms with Gasteiger partial charge in [-0.1, -0.05) is 18.2 Å². The third-order valence-corrected chi connectivity index (χ3v) is 3.54. The van der Waals surface area contributed by atoms with E-state index >= 15 is 0 Å². The first-order valence-corrected chi connectivity index (χ1v) is 6.71. The van der Waals surface area contributed by atoms with Crippen molar-refractivity contribution in [1.82, 2.24) is 9.78 Å². The Morgan fingerprint density at radius 3 is 3.05 bits per heavy atom. The zero-order valence-corrected chi connectivity index (χ0v) is 11.7. The molecule has 0 fully saturated rings. The zero-order chi connectivity index (χ0) is 14.8. The van der Waals surface area contributed by atoms with Crippen LogP contribution in [0.1, 0.15) is 27.3 Å². The largest absolute Gasteiger partial charge is 0.476 e. The minimum atomic E-state index is -1.03. The van der Waals surface area contributed by atoms with Gasteiger partial charge in [-0.25, -0.2) is 9.48 Å². The van der Waals surface area contributed by atoms with E-state index in [4.69, 9.17) is 9.47 Å². The number of methoxy groups -OCH3 is 1. The van der Waals surface area contributed by atoms with Crippen LogP contribution in [-0.2, 0) is 29.1 Å². The lowest BCUT2D eigenvalue weighted by Gasteiger charge is -2.16. The van der Waals surface area contributed by atoms with E-state index in [9.17, 15) is 9.90 Å². The maximum absolute atomic E-state index is 11.4. The summed E-state index contributed by atoms with van der Waals surface area (Å²) in [5.41, 5.74) is 3.46. The summed E-state index contributed by atoms with van der Waals surface area (Å²) in [5.74, 6) is -1.03. The lowest BCUT2D eigenvalue weighted by atomic mass is 10.1. The molecule has 0 bridgehead atoms.